The summed E-state index contributed by atoms with van der Waals surface area (Å²) in [6.07, 6.45) is 2.54. The highest BCUT2D eigenvalue weighted by Gasteiger charge is 2.17. The Labute approximate surface area is 203 Å². The molecule has 0 aliphatic rings. The summed E-state index contributed by atoms with van der Waals surface area (Å²) in [6, 6.07) is 17.5. The van der Waals surface area contributed by atoms with Crippen molar-refractivity contribution in [1.29, 1.82) is 0 Å². The van der Waals surface area contributed by atoms with Crippen molar-refractivity contribution in [2.75, 3.05) is 18.5 Å². The number of halogens is 1. The molecule has 1 heterocycles. The highest BCUT2D eigenvalue weighted by Crippen LogP contribution is 2.35. The molecule has 0 aliphatic carbocycles. The number of rotatable bonds is 11. The number of carbonyl (C=O) groups is 1. The van der Waals surface area contributed by atoms with Crippen LogP contribution >= 0.6 is 11.6 Å². The van der Waals surface area contributed by atoms with Crippen LogP contribution in [0.25, 0.3) is 22.2 Å². The predicted molar refractivity (Wildman–Crippen MR) is 135 cm³/mol. The zero-order valence-electron chi connectivity index (χ0n) is 19.0. The molecule has 0 saturated heterocycles. The molecule has 0 bridgehead atoms. The van der Waals surface area contributed by atoms with Gasteiger partial charge >= 0.3 is 5.97 Å². The number of H-pyrrole nitrogens is 1. The summed E-state index contributed by atoms with van der Waals surface area (Å²) in [5, 5.41) is 24.3. The molecule has 34 heavy (non-hydrogen) atoms. The summed E-state index contributed by atoms with van der Waals surface area (Å²) in [5.41, 5.74) is 6.28. The first-order valence-electron chi connectivity index (χ1n) is 11.4. The second-order valence-corrected chi connectivity index (χ2v) is 8.46. The summed E-state index contributed by atoms with van der Waals surface area (Å²) in [7, 11) is 0. The van der Waals surface area contributed by atoms with E-state index >= 15 is 0 Å². The topological polar surface area (TPSA) is 100 Å². The van der Waals surface area contributed by atoms with Gasteiger partial charge in [0, 0.05) is 17.7 Å². The third kappa shape index (κ3) is 5.48. The number of aromatic nitrogens is 3. The number of hydrogen-bond donors (Lipinski definition) is 3. The number of anilines is 1. The molecule has 3 aromatic carbocycles. The highest BCUT2D eigenvalue weighted by molar-refractivity contribution is 6.33. The molecule has 0 unspecified atom stereocenters. The second kappa shape index (κ2) is 11.0. The molecule has 0 spiro atoms. The minimum absolute atomic E-state index is 0.0469. The first kappa shape index (κ1) is 23.6. The van der Waals surface area contributed by atoms with Crippen LogP contribution in [0.15, 0.2) is 54.6 Å². The lowest BCUT2D eigenvalue weighted by Crippen LogP contribution is -2.09. The van der Waals surface area contributed by atoms with Gasteiger partial charge in [0.2, 0.25) is 0 Å². The van der Waals surface area contributed by atoms with Gasteiger partial charge in [-0.05, 0) is 42.2 Å². The number of carboxylic acids is 1. The van der Waals surface area contributed by atoms with Crippen LogP contribution in [0.5, 0.6) is 5.75 Å². The highest BCUT2D eigenvalue weighted by atomic mass is 35.5. The van der Waals surface area contributed by atoms with Crippen molar-refractivity contribution in [2.24, 2.45) is 0 Å². The van der Waals surface area contributed by atoms with Crippen LogP contribution in [-0.4, -0.2) is 39.6 Å². The predicted octanol–water partition coefficient (Wildman–Crippen LogP) is 5.74. The third-order valence-electron chi connectivity index (χ3n) is 5.53. The maximum Gasteiger partial charge on any atom is 0.307 e. The number of aryl methyl sites for hydroxylation is 1. The van der Waals surface area contributed by atoms with Crippen molar-refractivity contribution >= 4 is 34.3 Å². The summed E-state index contributed by atoms with van der Waals surface area (Å²) in [5.74, 6) is -0.0474. The number of nitrogens with one attached hydrogen (secondary N) is 2. The average Bonchev–Trinajstić information content (AvgIpc) is 3.31. The molecule has 1 aromatic heterocycles. The van der Waals surface area contributed by atoms with E-state index in [0.717, 1.165) is 58.4 Å². The number of carboxylic acid groups (broad SMARTS) is 1. The van der Waals surface area contributed by atoms with Gasteiger partial charge in [-0.15, -0.1) is 0 Å². The maximum atomic E-state index is 10.9. The lowest BCUT2D eigenvalue weighted by molar-refractivity contribution is -0.136. The fraction of sp³-hybridized carbons (Fsp3) is 0.269. The van der Waals surface area contributed by atoms with E-state index in [0.29, 0.717) is 23.7 Å². The molecule has 4 aromatic rings. The Morgan fingerprint density at radius 3 is 2.65 bits per heavy atom. The van der Waals surface area contributed by atoms with Crippen LogP contribution in [0.4, 0.5) is 5.69 Å². The van der Waals surface area contributed by atoms with E-state index in [1.807, 2.05) is 24.3 Å². The Kier molecular flexibility index (Phi) is 7.65. The molecule has 0 saturated carbocycles. The van der Waals surface area contributed by atoms with Gasteiger partial charge in [0.15, 0.2) is 0 Å². The number of nitrogens with zero attached hydrogens (tertiary/aromatic N) is 2. The molecule has 176 valence electrons. The standard InChI is InChI=1S/C26H27ClN4O3/c1-2-7-19-23(16-20(18-8-4-3-5-9-18)26-25(19)29-31-30-26)34-13-6-12-28-22-11-10-17(14-21(22)27)15-24(32)33/h3-5,8-11,14,16,28H,2,6-7,12-13,15H2,1H3,(H,32,33)(H,29,30,31). The third-order valence-corrected chi connectivity index (χ3v) is 5.84. The fourth-order valence-corrected chi connectivity index (χ4v) is 4.22. The molecule has 3 N–H and O–H groups in total. The zero-order valence-corrected chi connectivity index (χ0v) is 19.7. The second-order valence-electron chi connectivity index (χ2n) is 8.05. The molecular formula is C26H27ClN4O3. The summed E-state index contributed by atoms with van der Waals surface area (Å²) in [6.45, 7) is 3.32. The minimum atomic E-state index is -0.879. The molecule has 0 aliphatic heterocycles. The van der Waals surface area contributed by atoms with E-state index < -0.39 is 5.97 Å². The normalized spacial score (nSPS) is 11.0. The van der Waals surface area contributed by atoms with Crippen molar-refractivity contribution in [1.82, 2.24) is 15.4 Å². The first-order chi connectivity index (χ1) is 16.6. The van der Waals surface area contributed by atoms with Gasteiger partial charge in [-0.25, -0.2) is 0 Å². The van der Waals surface area contributed by atoms with E-state index in [4.69, 9.17) is 21.4 Å². The smallest absolute Gasteiger partial charge is 0.307 e. The van der Waals surface area contributed by atoms with Crippen molar-refractivity contribution in [2.45, 2.75) is 32.6 Å². The Balaban J connectivity index is 1.44. The van der Waals surface area contributed by atoms with E-state index in [2.05, 4.69) is 45.9 Å². The van der Waals surface area contributed by atoms with E-state index in [1.165, 1.54) is 0 Å². The van der Waals surface area contributed by atoms with Crippen LogP contribution in [0.1, 0.15) is 30.9 Å². The van der Waals surface area contributed by atoms with Crippen LogP contribution in [0.3, 0.4) is 0 Å². The Morgan fingerprint density at radius 2 is 1.91 bits per heavy atom. The summed E-state index contributed by atoms with van der Waals surface area (Å²) < 4.78 is 6.24. The molecular weight excluding hydrogens is 452 g/mol. The van der Waals surface area contributed by atoms with E-state index in [1.54, 1.807) is 12.1 Å². The van der Waals surface area contributed by atoms with Gasteiger partial charge in [0.1, 0.15) is 16.8 Å². The molecule has 8 heteroatoms. The van der Waals surface area contributed by atoms with Crippen molar-refractivity contribution in [3.05, 3.63) is 70.7 Å². The Hall–Kier alpha value is -3.58. The number of aromatic amines is 1. The fourth-order valence-electron chi connectivity index (χ4n) is 3.95. The maximum absolute atomic E-state index is 10.9. The van der Waals surface area contributed by atoms with E-state index in [9.17, 15) is 4.79 Å². The Morgan fingerprint density at radius 1 is 1.12 bits per heavy atom. The molecule has 0 fully saturated rings. The van der Waals surface area contributed by atoms with E-state index in [-0.39, 0.29) is 6.42 Å². The van der Waals surface area contributed by atoms with Crippen molar-refractivity contribution in [3.8, 4) is 16.9 Å². The number of hydrogen-bond acceptors (Lipinski definition) is 5. The SMILES string of the molecule is CCCc1c(OCCCNc2ccc(CC(=O)O)cc2Cl)cc(-c2ccccc2)c2n[nH]nc12. The summed E-state index contributed by atoms with van der Waals surface area (Å²) >= 11 is 6.29. The number of benzene rings is 3. The Bertz CT molecular complexity index is 1270. The van der Waals surface area contributed by atoms with Crippen molar-refractivity contribution in [3.63, 3.8) is 0 Å². The summed E-state index contributed by atoms with van der Waals surface area (Å²) in [4.78, 5) is 10.9. The minimum Gasteiger partial charge on any atom is -0.493 e. The average molecular weight is 479 g/mol. The van der Waals surface area contributed by atoms with Crippen LogP contribution < -0.4 is 10.1 Å². The van der Waals surface area contributed by atoms with Crippen LogP contribution in [-0.2, 0) is 17.6 Å². The number of aliphatic carboxylic acids is 1. The number of fused-ring (bicyclic) bond motifs is 1. The monoisotopic (exact) mass is 478 g/mol. The molecule has 4 rings (SSSR count). The van der Waals surface area contributed by atoms with Gasteiger partial charge < -0.3 is 15.2 Å². The molecule has 0 atom stereocenters. The van der Waals surface area contributed by atoms with Crippen LogP contribution in [0.2, 0.25) is 5.02 Å². The number of ether oxygens (including phenoxy) is 1. The first-order valence-corrected chi connectivity index (χ1v) is 11.7. The van der Waals surface area contributed by atoms with Crippen molar-refractivity contribution < 1.29 is 14.6 Å². The zero-order chi connectivity index (χ0) is 23.9. The van der Waals surface area contributed by atoms with Gasteiger partial charge in [0.25, 0.3) is 0 Å². The van der Waals surface area contributed by atoms with Gasteiger partial charge in [-0.1, -0.05) is 61.3 Å². The molecule has 0 radical (unpaired) electrons. The molecule has 7 nitrogen and oxygen atoms in total. The lowest BCUT2D eigenvalue weighted by Gasteiger charge is -2.15. The van der Waals surface area contributed by atoms with Gasteiger partial charge in [-0.3, -0.25) is 4.79 Å². The lowest BCUT2D eigenvalue weighted by atomic mass is 9.98. The molecule has 0 amide bonds. The van der Waals surface area contributed by atoms with Gasteiger partial charge in [0.05, 0.1) is 23.7 Å². The van der Waals surface area contributed by atoms with Crippen LogP contribution in [0, 0.1) is 0 Å². The van der Waals surface area contributed by atoms with Gasteiger partial charge in [-0.2, -0.15) is 15.4 Å². The largest absolute Gasteiger partial charge is 0.493 e. The quantitative estimate of drug-likeness (QED) is 0.238.